The van der Waals surface area contributed by atoms with Crippen molar-refractivity contribution in [1.29, 1.82) is 0 Å². The third kappa shape index (κ3) is 6.80. The maximum atomic E-state index is 6.53. The van der Waals surface area contributed by atoms with E-state index in [4.69, 9.17) is 24.7 Å². The first-order valence-electron chi connectivity index (χ1n) is 20.8. The van der Waals surface area contributed by atoms with Gasteiger partial charge in [0.1, 0.15) is 0 Å². The molecule has 0 aliphatic heterocycles. The molecule has 7 nitrogen and oxygen atoms in total. The van der Waals surface area contributed by atoms with Crippen LogP contribution in [0.5, 0.6) is 0 Å². The molecule has 0 saturated carbocycles. The summed E-state index contributed by atoms with van der Waals surface area (Å²) in [5.74, 6) is 0.550. The Labute approximate surface area is 336 Å². The quantitative estimate of drug-likeness (QED) is 0.121. The molecule has 0 aliphatic carbocycles. The van der Waals surface area contributed by atoms with Crippen LogP contribution in [0.4, 0.5) is 0 Å². The second-order valence-corrected chi connectivity index (χ2v) is 16.4. The van der Waals surface area contributed by atoms with Gasteiger partial charge in [-0.05, 0) is 138 Å². The highest BCUT2D eigenvalue weighted by molar-refractivity contribution is 6.11. The van der Waals surface area contributed by atoms with Crippen LogP contribution in [0, 0.1) is 55.4 Å². The molecule has 0 amide bonds. The Bertz CT molecular complexity index is 2570. The van der Waals surface area contributed by atoms with Crippen molar-refractivity contribution in [3.05, 3.63) is 117 Å². The Kier molecular flexibility index (Phi) is 10.5. The number of hydrogen-bond acceptors (Lipinski definition) is 5. The van der Waals surface area contributed by atoms with Crippen molar-refractivity contribution in [3.8, 4) is 22.5 Å². The lowest BCUT2D eigenvalue weighted by Crippen LogP contribution is -2.10. The summed E-state index contributed by atoms with van der Waals surface area (Å²) >= 11 is 0. The van der Waals surface area contributed by atoms with E-state index >= 15 is 0 Å². The zero-order valence-electron chi connectivity index (χ0n) is 35.4. The van der Waals surface area contributed by atoms with Gasteiger partial charge in [0.05, 0.1) is 33.5 Å². The summed E-state index contributed by atoms with van der Waals surface area (Å²) in [6, 6.07) is 13.3. The molecule has 2 aromatic carbocycles. The molecule has 8 aromatic rings. The number of hydrogen-bond donors (Lipinski definition) is 2. The first-order valence-corrected chi connectivity index (χ1v) is 20.8. The van der Waals surface area contributed by atoms with Crippen molar-refractivity contribution in [2.75, 3.05) is 13.2 Å². The van der Waals surface area contributed by atoms with Crippen molar-refractivity contribution in [2.24, 2.45) is 0 Å². The van der Waals surface area contributed by atoms with E-state index in [1.807, 2.05) is 12.4 Å². The molecule has 2 N–H and O–H groups in total. The molecule has 0 spiro atoms. The molecule has 0 radical (unpaired) electrons. The Morgan fingerprint density at radius 1 is 0.561 bits per heavy atom. The summed E-state index contributed by atoms with van der Waals surface area (Å²) in [5.41, 5.74) is 20.5. The molecule has 2 atom stereocenters. The van der Waals surface area contributed by atoms with Crippen LogP contribution in [0.15, 0.2) is 61.2 Å². The number of nitrogens with zero attached hydrogens (tertiary/aromatic N) is 4. The van der Waals surface area contributed by atoms with Gasteiger partial charge in [-0.15, -0.1) is 0 Å². The Morgan fingerprint density at radius 3 is 1.32 bits per heavy atom. The van der Waals surface area contributed by atoms with Gasteiger partial charge in [-0.3, -0.25) is 19.9 Å². The largest absolute Gasteiger partial charge is 0.381 e. The molecule has 6 heterocycles. The lowest BCUT2D eigenvalue weighted by Gasteiger charge is -2.22. The lowest BCUT2D eigenvalue weighted by atomic mass is 9.88. The van der Waals surface area contributed by atoms with Crippen LogP contribution < -0.4 is 0 Å². The zero-order valence-corrected chi connectivity index (χ0v) is 35.4. The van der Waals surface area contributed by atoms with Crippen molar-refractivity contribution >= 4 is 43.6 Å². The highest BCUT2D eigenvalue weighted by atomic mass is 16.5. The third-order valence-corrected chi connectivity index (χ3v) is 12.4. The highest BCUT2D eigenvalue weighted by Crippen LogP contribution is 2.42. The van der Waals surface area contributed by atoms with Gasteiger partial charge in [0.15, 0.2) is 0 Å². The third-order valence-electron chi connectivity index (χ3n) is 12.4. The zero-order chi connectivity index (χ0) is 40.1. The molecule has 57 heavy (non-hydrogen) atoms. The number of aromatic nitrogens is 6. The molecular weight excluding hydrogens is 701 g/mol. The second-order valence-electron chi connectivity index (χ2n) is 16.4. The van der Waals surface area contributed by atoms with Crippen molar-refractivity contribution in [1.82, 2.24) is 29.9 Å². The molecule has 0 saturated heterocycles. The number of aromatic amines is 2. The van der Waals surface area contributed by atoms with Gasteiger partial charge in [-0.2, -0.15) is 0 Å². The van der Waals surface area contributed by atoms with E-state index in [1.165, 1.54) is 66.4 Å². The standard InChI is InChI=1S/C50H56N6O/c1-11-35(39-25-53-47(41-29(5)21-27(3)22-30(41)6)49-43(39)45-37(13-17-51-45)33(9)55-49)15-19-57-20-16-36(12-2)40-26-54-48(42-31(7)23-28(4)24-32(42)8)50-44(40)46-38(14-18-52-46)34(10)56-50/h13-14,17-18,21-26,35-36,51-52H,11-12,15-16,19-20H2,1-10H3. The molecule has 6 aromatic heterocycles. The topological polar surface area (TPSA) is 92.4 Å². The number of ether oxygens (including phenoxy) is 1. The number of nitrogens with one attached hydrogen (secondary N) is 2. The first kappa shape index (κ1) is 38.5. The Hall–Kier alpha value is -5.40. The van der Waals surface area contributed by atoms with Crippen LogP contribution in [0.1, 0.15) is 107 Å². The van der Waals surface area contributed by atoms with Crippen LogP contribution in [-0.4, -0.2) is 43.1 Å². The SMILES string of the molecule is CCC(CCOCCC(CC)c1cnc(-c2c(C)cc(C)cc2C)c2nc(C)c3cc[nH]c3c12)c1cnc(-c2c(C)cc(C)cc2C)c2nc(C)c3cc[nH]c3c12. The highest BCUT2D eigenvalue weighted by Gasteiger charge is 2.25. The number of H-pyrrole nitrogens is 2. The molecule has 0 aliphatic rings. The summed E-state index contributed by atoms with van der Waals surface area (Å²) in [7, 11) is 0. The summed E-state index contributed by atoms with van der Waals surface area (Å²) in [4.78, 5) is 28.1. The Morgan fingerprint density at radius 2 is 0.947 bits per heavy atom. The predicted molar refractivity (Wildman–Crippen MR) is 238 cm³/mol. The van der Waals surface area contributed by atoms with E-state index in [1.54, 1.807) is 0 Å². The molecular formula is C50H56N6O. The number of fused-ring (bicyclic) bond motifs is 6. The number of benzene rings is 2. The minimum atomic E-state index is 0.275. The van der Waals surface area contributed by atoms with Gasteiger partial charge in [-0.25, -0.2) is 0 Å². The number of pyridine rings is 4. The van der Waals surface area contributed by atoms with Gasteiger partial charge in [0, 0.05) is 82.1 Å². The number of rotatable bonds is 12. The van der Waals surface area contributed by atoms with Crippen LogP contribution in [-0.2, 0) is 4.74 Å². The summed E-state index contributed by atoms with van der Waals surface area (Å²) in [6.45, 7) is 23.2. The van der Waals surface area contributed by atoms with Crippen molar-refractivity contribution < 1.29 is 4.74 Å². The first-order chi connectivity index (χ1) is 27.5. The van der Waals surface area contributed by atoms with E-state index in [2.05, 4.69) is 128 Å². The van der Waals surface area contributed by atoms with Gasteiger partial charge in [-0.1, -0.05) is 49.2 Å². The second kappa shape index (κ2) is 15.5. The monoisotopic (exact) mass is 756 g/mol. The van der Waals surface area contributed by atoms with Crippen LogP contribution in [0.2, 0.25) is 0 Å². The minimum absolute atomic E-state index is 0.275. The average molecular weight is 757 g/mol. The lowest BCUT2D eigenvalue weighted by molar-refractivity contribution is 0.119. The minimum Gasteiger partial charge on any atom is -0.381 e. The van der Waals surface area contributed by atoms with Crippen LogP contribution in [0.3, 0.4) is 0 Å². The fourth-order valence-electron chi connectivity index (χ4n) is 9.79. The normalized spacial score (nSPS) is 13.1. The van der Waals surface area contributed by atoms with Crippen molar-refractivity contribution in [3.63, 3.8) is 0 Å². The van der Waals surface area contributed by atoms with E-state index in [0.29, 0.717) is 13.2 Å². The van der Waals surface area contributed by atoms with Gasteiger partial charge in [0.25, 0.3) is 0 Å². The van der Waals surface area contributed by atoms with Crippen LogP contribution in [0.25, 0.3) is 66.1 Å². The van der Waals surface area contributed by atoms with Crippen LogP contribution >= 0.6 is 0 Å². The molecule has 8 rings (SSSR count). The van der Waals surface area contributed by atoms with Gasteiger partial charge in [0.2, 0.25) is 0 Å². The molecule has 7 heteroatoms. The predicted octanol–water partition coefficient (Wildman–Crippen LogP) is 12.8. The van der Waals surface area contributed by atoms with E-state index in [-0.39, 0.29) is 11.8 Å². The van der Waals surface area contributed by atoms with Crippen molar-refractivity contribution in [2.45, 2.75) is 107 Å². The number of aryl methyl sites for hydroxylation is 8. The van der Waals surface area contributed by atoms with E-state index in [9.17, 15) is 0 Å². The fraction of sp³-hybridized carbons (Fsp3) is 0.360. The maximum absolute atomic E-state index is 6.53. The average Bonchev–Trinajstić information content (AvgIpc) is 3.87. The van der Waals surface area contributed by atoms with E-state index in [0.717, 1.165) is 81.3 Å². The summed E-state index contributed by atoms with van der Waals surface area (Å²) in [5, 5.41) is 4.69. The maximum Gasteiger partial charge on any atom is 0.0992 e. The van der Waals surface area contributed by atoms with Gasteiger partial charge >= 0.3 is 0 Å². The van der Waals surface area contributed by atoms with Gasteiger partial charge < -0.3 is 14.7 Å². The smallest absolute Gasteiger partial charge is 0.0992 e. The Balaban J connectivity index is 1.07. The fourth-order valence-corrected chi connectivity index (χ4v) is 9.79. The molecule has 0 fully saturated rings. The van der Waals surface area contributed by atoms with E-state index < -0.39 is 0 Å². The molecule has 2 unspecified atom stereocenters. The molecule has 0 bridgehead atoms. The summed E-state index contributed by atoms with van der Waals surface area (Å²) in [6.07, 6.45) is 12.1. The molecule has 292 valence electrons. The summed E-state index contributed by atoms with van der Waals surface area (Å²) < 4.78 is 6.53.